The Labute approximate surface area is 150 Å². The van der Waals surface area contributed by atoms with Crippen molar-refractivity contribution >= 4 is 21.6 Å². The quantitative estimate of drug-likeness (QED) is 0.550. The van der Waals surface area contributed by atoms with E-state index in [9.17, 15) is 13.2 Å². The largest absolute Gasteiger partial charge is 0.491 e. The molecule has 1 aromatic carbocycles. The van der Waals surface area contributed by atoms with Crippen molar-refractivity contribution in [2.24, 2.45) is 5.73 Å². The number of hydrogen-bond donors (Lipinski definition) is 3. The molecule has 0 heterocycles. The molecule has 0 aliphatic heterocycles. The normalized spacial score (nSPS) is 12.7. The van der Waals surface area contributed by atoms with E-state index in [4.69, 9.17) is 10.5 Å². The van der Waals surface area contributed by atoms with Crippen LogP contribution in [0.2, 0.25) is 0 Å². The van der Waals surface area contributed by atoms with Gasteiger partial charge in [0.2, 0.25) is 15.9 Å². The second-order valence-corrected chi connectivity index (χ2v) is 7.92. The summed E-state index contributed by atoms with van der Waals surface area (Å²) >= 11 is 0. The Morgan fingerprint density at radius 3 is 2.40 bits per heavy atom. The summed E-state index contributed by atoms with van der Waals surface area (Å²) in [4.78, 5) is 12.0. The van der Waals surface area contributed by atoms with Crippen LogP contribution in [0.5, 0.6) is 5.75 Å². The Hall–Kier alpha value is -1.80. The third-order valence-corrected chi connectivity index (χ3v) is 4.57. The van der Waals surface area contributed by atoms with Crippen LogP contribution in [-0.2, 0) is 14.8 Å². The molecular formula is C17H29N3O4S. The van der Waals surface area contributed by atoms with Crippen molar-refractivity contribution in [3.63, 3.8) is 0 Å². The van der Waals surface area contributed by atoms with Crippen LogP contribution in [0.4, 0.5) is 5.69 Å². The predicted octanol–water partition coefficient (Wildman–Crippen LogP) is 1.85. The van der Waals surface area contributed by atoms with Crippen LogP contribution in [0.25, 0.3) is 0 Å². The molecule has 0 fully saturated rings. The van der Waals surface area contributed by atoms with E-state index >= 15 is 0 Å². The summed E-state index contributed by atoms with van der Waals surface area (Å²) < 4.78 is 32.1. The second kappa shape index (κ2) is 10.2. The standard InChI is InChI=1S/C17H29N3O4S/c1-4-5-6-15(11-18)19-17(21)12-25(22,23)20-14-7-9-16(10-8-14)24-13(2)3/h7-10,13,15,20H,4-6,11-12,18H2,1-3H3,(H,19,21). The van der Waals surface area contributed by atoms with Gasteiger partial charge in [0.25, 0.3) is 0 Å². The number of carbonyl (C=O) groups is 1. The third kappa shape index (κ3) is 8.74. The van der Waals surface area contributed by atoms with Crippen molar-refractivity contribution in [1.82, 2.24) is 5.32 Å². The van der Waals surface area contributed by atoms with Crippen LogP contribution in [0, 0.1) is 0 Å². The molecule has 0 saturated heterocycles. The maximum Gasteiger partial charge on any atom is 0.241 e. The number of hydrogen-bond acceptors (Lipinski definition) is 5. The van der Waals surface area contributed by atoms with E-state index in [-0.39, 0.29) is 18.7 Å². The van der Waals surface area contributed by atoms with Gasteiger partial charge in [-0.1, -0.05) is 19.8 Å². The molecule has 0 spiro atoms. The van der Waals surface area contributed by atoms with Crippen LogP contribution >= 0.6 is 0 Å². The number of nitrogens with two attached hydrogens (primary N) is 1. The average Bonchev–Trinajstić information content (AvgIpc) is 2.52. The van der Waals surface area contributed by atoms with Gasteiger partial charge in [-0.15, -0.1) is 0 Å². The SMILES string of the molecule is CCCCC(CN)NC(=O)CS(=O)(=O)Nc1ccc(OC(C)C)cc1. The Bertz CT molecular complexity index is 630. The highest BCUT2D eigenvalue weighted by Gasteiger charge is 2.19. The number of nitrogens with one attached hydrogen (secondary N) is 2. The highest BCUT2D eigenvalue weighted by atomic mass is 32.2. The van der Waals surface area contributed by atoms with E-state index in [1.54, 1.807) is 24.3 Å². The van der Waals surface area contributed by atoms with Crippen LogP contribution in [0.1, 0.15) is 40.0 Å². The molecule has 0 saturated carbocycles. The van der Waals surface area contributed by atoms with E-state index in [0.717, 1.165) is 19.3 Å². The highest BCUT2D eigenvalue weighted by molar-refractivity contribution is 7.93. The number of carbonyl (C=O) groups excluding carboxylic acids is 1. The van der Waals surface area contributed by atoms with Crippen molar-refractivity contribution in [3.8, 4) is 5.75 Å². The van der Waals surface area contributed by atoms with Gasteiger partial charge in [0.05, 0.1) is 6.10 Å². The molecule has 1 rings (SSSR count). The van der Waals surface area contributed by atoms with E-state index < -0.39 is 21.7 Å². The Morgan fingerprint density at radius 1 is 1.24 bits per heavy atom. The van der Waals surface area contributed by atoms with E-state index in [0.29, 0.717) is 11.4 Å². The first-order valence-corrected chi connectivity index (χ1v) is 10.2. The number of benzene rings is 1. The minimum Gasteiger partial charge on any atom is -0.491 e. The minimum absolute atomic E-state index is 0.0365. The second-order valence-electron chi connectivity index (χ2n) is 6.19. The topological polar surface area (TPSA) is 111 Å². The number of ether oxygens (including phenoxy) is 1. The predicted molar refractivity (Wildman–Crippen MR) is 100 cm³/mol. The summed E-state index contributed by atoms with van der Waals surface area (Å²) in [6.45, 7) is 6.15. The first-order chi connectivity index (χ1) is 11.8. The van der Waals surface area contributed by atoms with Gasteiger partial charge in [-0.05, 0) is 44.5 Å². The Balaban J connectivity index is 2.58. The summed E-state index contributed by atoms with van der Waals surface area (Å²) in [6.07, 6.45) is 2.69. The lowest BCUT2D eigenvalue weighted by Gasteiger charge is -2.17. The molecule has 25 heavy (non-hydrogen) atoms. The molecule has 0 aliphatic rings. The molecule has 0 aliphatic carbocycles. The van der Waals surface area contributed by atoms with Gasteiger partial charge in [0.15, 0.2) is 0 Å². The Kier molecular flexibility index (Phi) is 8.71. The number of unbranched alkanes of at least 4 members (excludes halogenated alkanes) is 1. The summed E-state index contributed by atoms with van der Waals surface area (Å²) in [5.74, 6) is -0.545. The fraction of sp³-hybridized carbons (Fsp3) is 0.588. The molecule has 0 aromatic heterocycles. The summed E-state index contributed by atoms with van der Waals surface area (Å²) in [7, 11) is -3.79. The lowest BCUT2D eigenvalue weighted by atomic mass is 10.1. The van der Waals surface area contributed by atoms with Crippen LogP contribution in [0.15, 0.2) is 24.3 Å². The Morgan fingerprint density at radius 2 is 1.88 bits per heavy atom. The van der Waals surface area contributed by atoms with Gasteiger partial charge < -0.3 is 15.8 Å². The van der Waals surface area contributed by atoms with Crippen molar-refractivity contribution in [3.05, 3.63) is 24.3 Å². The van der Waals surface area contributed by atoms with Gasteiger partial charge in [0, 0.05) is 18.3 Å². The summed E-state index contributed by atoms with van der Waals surface area (Å²) in [5, 5.41) is 2.67. The maximum absolute atomic E-state index is 12.1. The molecule has 142 valence electrons. The van der Waals surface area contributed by atoms with Gasteiger partial charge in [-0.2, -0.15) is 0 Å². The first kappa shape index (κ1) is 21.2. The van der Waals surface area contributed by atoms with Crippen LogP contribution in [-0.4, -0.2) is 38.8 Å². The third-order valence-electron chi connectivity index (χ3n) is 3.38. The molecule has 7 nitrogen and oxygen atoms in total. The van der Waals surface area contributed by atoms with Crippen molar-refractivity contribution in [2.45, 2.75) is 52.2 Å². The van der Waals surface area contributed by atoms with Crippen LogP contribution < -0.4 is 20.5 Å². The van der Waals surface area contributed by atoms with Crippen LogP contribution in [0.3, 0.4) is 0 Å². The molecule has 1 atom stereocenters. The van der Waals surface area contributed by atoms with Crippen molar-refractivity contribution in [2.75, 3.05) is 17.0 Å². The van der Waals surface area contributed by atoms with E-state index in [2.05, 4.69) is 10.0 Å². The fourth-order valence-corrected chi connectivity index (χ4v) is 3.23. The molecule has 1 unspecified atom stereocenters. The monoisotopic (exact) mass is 371 g/mol. The number of sulfonamides is 1. The summed E-state index contributed by atoms with van der Waals surface area (Å²) in [5.41, 5.74) is 5.99. The molecular weight excluding hydrogens is 342 g/mol. The lowest BCUT2D eigenvalue weighted by Crippen LogP contribution is -2.43. The zero-order valence-corrected chi connectivity index (χ0v) is 15.9. The van der Waals surface area contributed by atoms with E-state index in [1.807, 2.05) is 20.8 Å². The molecule has 8 heteroatoms. The zero-order valence-electron chi connectivity index (χ0n) is 15.1. The molecule has 4 N–H and O–H groups in total. The van der Waals surface area contributed by atoms with Crippen molar-refractivity contribution < 1.29 is 17.9 Å². The van der Waals surface area contributed by atoms with Gasteiger partial charge in [-0.3, -0.25) is 9.52 Å². The summed E-state index contributed by atoms with van der Waals surface area (Å²) in [6, 6.07) is 6.34. The zero-order chi connectivity index (χ0) is 18.9. The first-order valence-electron chi connectivity index (χ1n) is 8.52. The average molecular weight is 372 g/mol. The fourth-order valence-electron chi connectivity index (χ4n) is 2.23. The number of amides is 1. The molecule has 1 aromatic rings. The molecule has 0 bridgehead atoms. The van der Waals surface area contributed by atoms with Gasteiger partial charge in [-0.25, -0.2) is 8.42 Å². The lowest BCUT2D eigenvalue weighted by molar-refractivity contribution is -0.119. The molecule has 0 radical (unpaired) electrons. The van der Waals surface area contributed by atoms with Gasteiger partial charge in [0.1, 0.15) is 11.5 Å². The van der Waals surface area contributed by atoms with Gasteiger partial charge >= 0.3 is 0 Å². The number of anilines is 1. The highest BCUT2D eigenvalue weighted by Crippen LogP contribution is 2.17. The smallest absolute Gasteiger partial charge is 0.241 e. The van der Waals surface area contributed by atoms with Crippen molar-refractivity contribution in [1.29, 1.82) is 0 Å². The minimum atomic E-state index is -3.79. The molecule has 1 amide bonds. The van der Waals surface area contributed by atoms with E-state index in [1.165, 1.54) is 0 Å². The number of rotatable bonds is 11. The maximum atomic E-state index is 12.1.